The zero-order valence-corrected chi connectivity index (χ0v) is 64.2. The summed E-state index contributed by atoms with van der Waals surface area (Å²) in [4.78, 5) is 4.82. The van der Waals surface area contributed by atoms with E-state index in [1.54, 1.807) is 0 Å². The Morgan fingerprint density at radius 2 is 0.798 bits per heavy atom. The number of imidazole rings is 1. The quantitative estimate of drug-likeness (QED) is 0.103. The molecule has 22 rings (SSSR count). The van der Waals surface area contributed by atoms with Gasteiger partial charge < -0.3 is 31.8 Å². The first-order valence-electron chi connectivity index (χ1n) is 39.7. The van der Waals surface area contributed by atoms with Crippen molar-refractivity contribution in [3.8, 4) is 79.0 Å². The number of ether oxygens (including phenoxy) is 1. The summed E-state index contributed by atoms with van der Waals surface area (Å²) >= 11 is 0. The maximum atomic E-state index is 7.14. The zero-order valence-electron chi connectivity index (χ0n) is 64.2. The van der Waals surface area contributed by atoms with E-state index in [9.17, 15) is 0 Å². The fourth-order valence-electron chi connectivity index (χ4n) is 18.7. The predicted molar refractivity (Wildman–Crippen MR) is 473 cm³/mol. The molecule has 9 nitrogen and oxygen atoms in total. The molecule has 0 aliphatic heterocycles. The molecule has 0 spiro atoms. The van der Waals surface area contributed by atoms with Crippen LogP contribution in [0.5, 0.6) is 5.75 Å². The van der Waals surface area contributed by atoms with Gasteiger partial charge in [-0.05, 0) is 237 Å². The molecule has 7 heterocycles. The zero-order chi connectivity index (χ0) is 76.1. The van der Waals surface area contributed by atoms with Crippen LogP contribution in [-0.2, 0) is 12.8 Å². The Kier molecular flexibility index (Phi) is 15.4. The minimum absolute atomic E-state index is 0.00218. The van der Waals surface area contributed by atoms with Gasteiger partial charge in [-0.25, -0.2) is 4.98 Å². The van der Waals surface area contributed by atoms with Gasteiger partial charge in [-0.3, -0.25) is 4.57 Å². The number of para-hydroxylation sites is 5. The molecule has 1 unspecified atom stereocenters. The highest BCUT2D eigenvalue weighted by Crippen LogP contribution is 2.47. The topological polar surface area (TPSA) is 73.1 Å². The number of nitrogens with zero attached hydrogens (tertiary/aromatic N) is 6. The van der Waals surface area contributed by atoms with E-state index in [1.807, 2.05) is 6.20 Å². The summed E-state index contributed by atoms with van der Waals surface area (Å²) in [5.74, 6) is 1.76. The molecule has 0 aliphatic carbocycles. The lowest BCUT2D eigenvalue weighted by atomic mass is 9.99. The van der Waals surface area contributed by atoms with Gasteiger partial charge in [0.2, 0.25) is 0 Å². The van der Waals surface area contributed by atoms with E-state index in [4.69, 9.17) is 18.6 Å². The van der Waals surface area contributed by atoms with Gasteiger partial charge in [-0.1, -0.05) is 182 Å². The Bertz CT molecular complexity index is 7670. The summed E-state index contributed by atoms with van der Waals surface area (Å²) in [5, 5.41) is 12.7. The van der Waals surface area contributed by atoms with Crippen molar-refractivity contribution in [1.29, 1.82) is 0 Å². The van der Waals surface area contributed by atoms with Crippen molar-refractivity contribution in [1.82, 2.24) is 27.8 Å². The Labute approximate surface area is 658 Å². The van der Waals surface area contributed by atoms with Gasteiger partial charge in [0.1, 0.15) is 28.3 Å². The van der Waals surface area contributed by atoms with E-state index in [0.717, 1.165) is 164 Å². The molecule has 0 radical (unpaired) electrons. The van der Waals surface area contributed by atoms with Crippen LogP contribution in [0.3, 0.4) is 0 Å². The molecule has 0 saturated heterocycles. The second-order valence-electron chi connectivity index (χ2n) is 31.1. The van der Waals surface area contributed by atoms with Crippen LogP contribution in [0.25, 0.3) is 193 Å². The van der Waals surface area contributed by atoms with E-state index >= 15 is 0 Å². The predicted octanol–water partition coefficient (Wildman–Crippen LogP) is 27.8. The normalized spacial score (nSPS) is 12.4. The van der Waals surface area contributed by atoms with Gasteiger partial charge in [0.15, 0.2) is 5.58 Å². The Morgan fingerprint density at radius 1 is 0.351 bits per heavy atom. The minimum Gasteiger partial charge on any atom is -0.491 e. The van der Waals surface area contributed by atoms with Crippen molar-refractivity contribution in [2.24, 2.45) is 0 Å². The van der Waals surface area contributed by atoms with Gasteiger partial charge in [0.25, 0.3) is 0 Å². The molecule has 0 fully saturated rings. The van der Waals surface area contributed by atoms with E-state index in [-0.39, 0.29) is 6.10 Å². The smallest absolute Gasteiger partial charge is 0.159 e. The largest absolute Gasteiger partial charge is 0.491 e. The highest BCUT2D eigenvalue weighted by molar-refractivity contribution is 6.16. The van der Waals surface area contributed by atoms with Crippen LogP contribution in [-0.4, -0.2) is 33.9 Å². The molecule has 0 aliphatic rings. The minimum atomic E-state index is -0.00218. The third kappa shape index (κ3) is 10.7. The van der Waals surface area contributed by atoms with Crippen molar-refractivity contribution in [3.63, 3.8) is 0 Å². The molecule has 546 valence electrons. The van der Waals surface area contributed by atoms with E-state index in [1.165, 1.54) is 87.8 Å². The molecule has 15 aromatic carbocycles. The molecule has 7 aromatic heterocycles. The third-order valence-corrected chi connectivity index (χ3v) is 24.1. The van der Waals surface area contributed by atoms with Crippen molar-refractivity contribution in [3.05, 3.63) is 355 Å². The molecule has 1 atom stereocenters. The summed E-state index contributed by atoms with van der Waals surface area (Å²) in [6, 6.07) is 114. The molecule has 0 N–H and O–H groups in total. The summed E-state index contributed by atoms with van der Waals surface area (Å²) in [5.41, 5.74) is 32.3. The van der Waals surface area contributed by atoms with Crippen LogP contribution in [0.15, 0.2) is 331 Å². The van der Waals surface area contributed by atoms with Gasteiger partial charge in [0.05, 0.1) is 56.1 Å². The van der Waals surface area contributed by atoms with Crippen molar-refractivity contribution >= 4 is 120 Å². The summed E-state index contributed by atoms with van der Waals surface area (Å²) in [6.45, 7) is 13.1. The molecule has 0 bridgehead atoms. The first-order valence-corrected chi connectivity index (χ1v) is 39.7. The number of fused-ring (bicyclic) bond motifs is 16. The van der Waals surface area contributed by atoms with Crippen molar-refractivity contribution in [2.45, 2.75) is 66.9 Å². The molecular weight excluding hydrogens is 1390 g/mol. The van der Waals surface area contributed by atoms with Gasteiger partial charge in [-0.2, -0.15) is 0 Å². The van der Waals surface area contributed by atoms with Crippen LogP contribution >= 0.6 is 0 Å². The molecule has 0 amide bonds. The van der Waals surface area contributed by atoms with Crippen LogP contribution in [0, 0.1) is 27.7 Å². The standard InChI is InChI=1S/C105H78N6O3/c1-7-66(5)112-79-61-90-89-58-74(43-49-101(89)114-104(90)98(62-79)108-67(6)102(83-27-14-18-31-94(83)108)75-41-46-95-86(59-75)82-26-11-15-28-91(82)109(95)76-20-9-8-10-21-76)72-40-45-97-85(56-72)81-25-13-17-30-93(81)111(97)78-23-19-22-77(60-78)110-92-29-16-12-24-80(92)84-55-71(39-44-96(84)110)73-42-48-100-88(57-73)87-54-69(36-47-99(87)113-100)33-32-68-34-37-70(38-35-68)105-106-50-51-107(105)103-64(3)52-63(2)53-65(103)4/h8-31,34-62,66H,7,32-33H2,1-6H3. The van der Waals surface area contributed by atoms with E-state index in [2.05, 4.69) is 380 Å². The first-order chi connectivity index (χ1) is 56.0. The van der Waals surface area contributed by atoms with E-state index < -0.39 is 0 Å². The Morgan fingerprint density at radius 3 is 1.39 bits per heavy atom. The van der Waals surface area contributed by atoms with E-state index in [0.29, 0.717) is 0 Å². The highest BCUT2D eigenvalue weighted by atomic mass is 16.5. The molecule has 114 heavy (non-hydrogen) atoms. The van der Waals surface area contributed by atoms with Gasteiger partial charge in [-0.15, -0.1) is 0 Å². The lowest BCUT2D eigenvalue weighted by Crippen LogP contribution is -2.10. The first kappa shape index (κ1) is 66.8. The lowest BCUT2D eigenvalue weighted by Gasteiger charge is -2.16. The van der Waals surface area contributed by atoms with Crippen molar-refractivity contribution in [2.75, 3.05) is 0 Å². The third-order valence-electron chi connectivity index (χ3n) is 24.1. The van der Waals surface area contributed by atoms with Crippen LogP contribution in [0.4, 0.5) is 0 Å². The number of hydrogen-bond acceptors (Lipinski definition) is 4. The monoisotopic (exact) mass is 1470 g/mol. The molecule has 22 aromatic rings. The Hall–Kier alpha value is -14.2. The second kappa shape index (κ2) is 26.3. The van der Waals surface area contributed by atoms with Crippen LogP contribution in [0.2, 0.25) is 0 Å². The van der Waals surface area contributed by atoms with Crippen LogP contribution < -0.4 is 4.74 Å². The lowest BCUT2D eigenvalue weighted by molar-refractivity contribution is 0.217. The number of aromatic nitrogens is 6. The molecular formula is C105H78N6O3. The summed E-state index contributed by atoms with van der Waals surface area (Å²) in [7, 11) is 0. The molecule has 0 saturated carbocycles. The number of hydrogen-bond donors (Lipinski definition) is 0. The SMILES string of the molecule is CCC(C)Oc1cc(-n2c(C)c(-c3ccc4c(c3)c3ccccc3n4-c3ccccc3)c3ccccc32)c2oc3ccc(-c4ccc5c(c4)c4ccccc4n5-c4cccc(-n5c6ccccc6c6cc(-c7ccc8oc9ccc(CCc%10ccc(-c%11nccn%11-c%11c(C)cc(C)cc%11C)cc%10)cc9c8c7)ccc65)c4)cc3c2c1. The number of benzene rings is 15. The average molecular weight is 1470 g/mol. The average Bonchev–Trinajstić information content (AvgIpc) is 1.57. The number of aryl methyl sites for hydroxylation is 5. The maximum absolute atomic E-state index is 7.14. The van der Waals surface area contributed by atoms with Gasteiger partial charge in [0, 0.05) is 112 Å². The fraction of sp³-hybridized carbons (Fsp3) is 0.0952. The Balaban J connectivity index is 0.581. The summed E-state index contributed by atoms with van der Waals surface area (Å²) in [6.07, 6.45) is 6.66. The van der Waals surface area contributed by atoms with Crippen LogP contribution in [0.1, 0.15) is 53.8 Å². The number of furan rings is 2. The fourth-order valence-corrected chi connectivity index (χ4v) is 18.7. The highest BCUT2D eigenvalue weighted by Gasteiger charge is 2.26. The van der Waals surface area contributed by atoms with Gasteiger partial charge >= 0.3 is 0 Å². The number of rotatable bonds is 15. The second-order valence-corrected chi connectivity index (χ2v) is 31.1. The summed E-state index contributed by atoms with van der Waals surface area (Å²) < 4.78 is 32.4. The maximum Gasteiger partial charge on any atom is 0.159 e. The molecule has 9 heteroatoms. The van der Waals surface area contributed by atoms with Crippen molar-refractivity contribution < 1.29 is 13.6 Å².